The van der Waals surface area contributed by atoms with Crippen LogP contribution in [0.1, 0.15) is 24.7 Å². The number of anilines is 1. The van der Waals surface area contributed by atoms with Crippen LogP contribution in [-0.2, 0) is 29.4 Å². The van der Waals surface area contributed by atoms with Crippen LogP contribution in [0, 0.1) is 0 Å². The summed E-state index contributed by atoms with van der Waals surface area (Å²) in [6, 6.07) is 19.1. The molecule has 29 heavy (non-hydrogen) atoms. The largest absolute Gasteiger partial charge is 0.328 e. The molecule has 150 valence electrons. The fourth-order valence-electron chi connectivity index (χ4n) is 3.49. The number of benzene rings is 2. The van der Waals surface area contributed by atoms with Gasteiger partial charge in [0, 0.05) is 13.0 Å². The van der Waals surface area contributed by atoms with Crippen LogP contribution in [0.3, 0.4) is 0 Å². The van der Waals surface area contributed by atoms with Gasteiger partial charge in [0.15, 0.2) is 0 Å². The first-order valence-electron chi connectivity index (χ1n) is 9.67. The van der Waals surface area contributed by atoms with Crippen LogP contribution in [-0.4, -0.2) is 18.0 Å². The first-order valence-corrected chi connectivity index (χ1v) is 12.0. The predicted molar refractivity (Wildman–Crippen MR) is 119 cm³/mol. The van der Waals surface area contributed by atoms with Crippen LogP contribution in [0.25, 0.3) is 11.0 Å². The van der Waals surface area contributed by atoms with E-state index in [1.807, 2.05) is 42.5 Å². The molecule has 0 bridgehead atoms. The fourth-order valence-corrected chi connectivity index (χ4v) is 5.58. The van der Waals surface area contributed by atoms with Gasteiger partial charge in [0.25, 0.3) is 10.0 Å². The van der Waals surface area contributed by atoms with Crippen molar-refractivity contribution < 1.29 is 8.42 Å². The van der Waals surface area contributed by atoms with Gasteiger partial charge >= 0.3 is 0 Å². The van der Waals surface area contributed by atoms with E-state index in [4.69, 9.17) is 4.98 Å². The minimum atomic E-state index is -3.57. The number of nitrogens with zero attached hydrogens (tertiary/aromatic N) is 2. The highest BCUT2D eigenvalue weighted by Gasteiger charge is 2.17. The van der Waals surface area contributed by atoms with E-state index in [1.54, 1.807) is 17.5 Å². The van der Waals surface area contributed by atoms with E-state index in [9.17, 15) is 8.42 Å². The highest BCUT2D eigenvalue weighted by Crippen LogP contribution is 2.24. The molecule has 4 aromatic rings. The Kier molecular flexibility index (Phi) is 5.69. The molecule has 0 saturated carbocycles. The van der Waals surface area contributed by atoms with Crippen molar-refractivity contribution >= 4 is 38.1 Å². The van der Waals surface area contributed by atoms with Crippen molar-refractivity contribution in [3.8, 4) is 0 Å². The number of hydrogen-bond acceptors (Lipinski definition) is 4. The van der Waals surface area contributed by atoms with Gasteiger partial charge in [-0.25, -0.2) is 13.4 Å². The predicted octanol–water partition coefficient (Wildman–Crippen LogP) is 5.09. The summed E-state index contributed by atoms with van der Waals surface area (Å²) in [4.78, 5) is 4.82. The summed E-state index contributed by atoms with van der Waals surface area (Å²) in [6.45, 7) is 3.08. The molecule has 0 amide bonds. The van der Waals surface area contributed by atoms with Gasteiger partial charge in [0.05, 0.1) is 16.7 Å². The smallest absolute Gasteiger partial charge is 0.271 e. The number of rotatable bonds is 8. The van der Waals surface area contributed by atoms with Gasteiger partial charge in [-0.1, -0.05) is 43.3 Å². The number of imidazole rings is 1. The highest BCUT2D eigenvalue weighted by molar-refractivity contribution is 7.94. The molecule has 0 atom stereocenters. The normalized spacial score (nSPS) is 11.8. The molecular formula is C22H23N3O2S2. The molecular weight excluding hydrogens is 402 g/mol. The Hall–Kier alpha value is -2.64. The molecule has 2 aromatic carbocycles. The lowest BCUT2D eigenvalue weighted by Gasteiger charge is -2.12. The molecule has 7 heteroatoms. The first-order chi connectivity index (χ1) is 14.1. The Balaban J connectivity index is 1.59. The van der Waals surface area contributed by atoms with Gasteiger partial charge in [-0.3, -0.25) is 4.72 Å². The Labute approximate surface area is 175 Å². The number of thiophene rings is 1. The second kappa shape index (κ2) is 8.39. The quantitative estimate of drug-likeness (QED) is 0.427. The van der Waals surface area contributed by atoms with Gasteiger partial charge in [0.1, 0.15) is 10.0 Å². The van der Waals surface area contributed by atoms with Crippen LogP contribution in [0.4, 0.5) is 5.69 Å². The van der Waals surface area contributed by atoms with Crippen LogP contribution in [0.5, 0.6) is 0 Å². The van der Waals surface area contributed by atoms with Crippen molar-refractivity contribution in [2.45, 2.75) is 36.9 Å². The molecule has 5 nitrogen and oxygen atoms in total. The molecule has 4 rings (SSSR count). The molecule has 0 radical (unpaired) electrons. The summed E-state index contributed by atoms with van der Waals surface area (Å²) in [7, 11) is -3.57. The summed E-state index contributed by atoms with van der Waals surface area (Å²) >= 11 is 1.21. The van der Waals surface area contributed by atoms with Crippen LogP contribution in [0.15, 0.2) is 70.3 Å². The second-order valence-electron chi connectivity index (χ2n) is 6.86. The van der Waals surface area contributed by atoms with E-state index in [0.717, 1.165) is 41.8 Å². The van der Waals surface area contributed by atoms with E-state index in [2.05, 4.69) is 22.3 Å². The van der Waals surface area contributed by atoms with Crippen molar-refractivity contribution in [1.82, 2.24) is 9.55 Å². The summed E-state index contributed by atoms with van der Waals surface area (Å²) < 4.78 is 30.6. The molecule has 0 aliphatic heterocycles. The first kappa shape index (κ1) is 19.7. The molecule has 0 unspecified atom stereocenters. The Morgan fingerprint density at radius 3 is 2.59 bits per heavy atom. The molecule has 0 aliphatic rings. The number of fused-ring (bicyclic) bond motifs is 1. The zero-order valence-corrected chi connectivity index (χ0v) is 17.8. The third kappa shape index (κ3) is 4.21. The van der Waals surface area contributed by atoms with Crippen molar-refractivity contribution in [3.63, 3.8) is 0 Å². The van der Waals surface area contributed by atoms with Crippen molar-refractivity contribution in [3.05, 3.63) is 77.4 Å². The summed E-state index contributed by atoms with van der Waals surface area (Å²) in [6.07, 6.45) is 2.48. The number of sulfonamides is 1. The summed E-state index contributed by atoms with van der Waals surface area (Å²) in [5, 5.41) is 1.76. The fraction of sp³-hybridized carbons (Fsp3) is 0.227. The SMILES string of the molecule is CCCn1c(CCc2ccccc2NS(=O)(=O)c2cccs2)nc2ccccc21. The third-order valence-corrected chi connectivity index (χ3v) is 7.58. The molecule has 0 saturated heterocycles. The number of para-hydroxylation sites is 3. The van der Waals surface area contributed by atoms with E-state index < -0.39 is 10.0 Å². The standard InChI is InChI=1S/C22H23N3O2S2/c1-2-15-25-20-11-6-5-10-19(20)23-21(25)14-13-17-8-3-4-9-18(17)24-29(26,27)22-12-7-16-28-22/h3-12,16,24H,2,13-15H2,1H3. The van der Waals surface area contributed by atoms with E-state index in [-0.39, 0.29) is 0 Å². The van der Waals surface area contributed by atoms with Gasteiger partial charge in [-0.2, -0.15) is 0 Å². The second-order valence-corrected chi connectivity index (χ2v) is 9.72. The number of hydrogen-bond donors (Lipinski definition) is 1. The molecule has 0 aliphatic carbocycles. The highest BCUT2D eigenvalue weighted by atomic mass is 32.2. The number of aromatic nitrogens is 2. The molecule has 0 spiro atoms. The van der Waals surface area contributed by atoms with Gasteiger partial charge < -0.3 is 4.57 Å². The molecule has 2 heterocycles. The van der Waals surface area contributed by atoms with Crippen LogP contribution in [0.2, 0.25) is 0 Å². The lowest BCUT2D eigenvalue weighted by atomic mass is 10.1. The molecule has 1 N–H and O–H groups in total. The van der Waals surface area contributed by atoms with E-state index in [1.165, 1.54) is 11.3 Å². The van der Waals surface area contributed by atoms with E-state index >= 15 is 0 Å². The van der Waals surface area contributed by atoms with Gasteiger partial charge in [-0.15, -0.1) is 11.3 Å². The maximum Gasteiger partial charge on any atom is 0.271 e. The minimum Gasteiger partial charge on any atom is -0.328 e. The maximum atomic E-state index is 12.6. The van der Waals surface area contributed by atoms with Crippen LogP contribution >= 0.6 is 11.3 Å². The average molecular weight is 426 g/mol. The topological polar surface area (TPSA) is 64.0 Å². The van der Waals surface area contributed by atoms with Gasteiger partial charge in [0.2, 0.25) is 0 Å². The van der Waals surface area contributed by atoms with Crippen LogP contribution < -0.4 is 4.72 Å². The Morgan fingerprint density at radius 2 is 1.79 bits per heavy atom. The Morgan fingerprint density at radius 1 is 1.00 bits per heavy atom. The van der Waals surface area contributed by atoms with Crippen molar-refractivity contribution in [2.75, 3.05) is 4.72 Å². The summed E-state index contributed by atoms with van der Waals surface area (Å²) in [5.74, 6) is 1.03. The zero-order chi connectivity index (χ0) is 20.3. The maximum absolute atomic E-state index is 12.6. The molecule has 0 fully saturated rings. The van der Waals surface area contributed by atoms with Gasteiger partial charge in [-0.05, 0) is 48.1 Å². The lowest BCUT2D eigenvalue weighted by molar-refractivity contribution is 0.603. The summed E-state index contributed by atoms with van der Waals surface area (Å²) in [5.41, 5.74) is 3.74. The average Bonchev–Trinajstić information content (AvgIpc) is 3.37. The monoisotopic (exact) mass is 425 g/mol. The third-order valence-electron chi connectivity index (χ3n) is 4.82. The van der Waals surface area contributed by atoms with Crippen molar-refractivity contribution in [1.29, 1.82) is 0 Å². The number of nitrogens with one attached hydrogen (secondary N) is 1. The van der Waals surface area contributed by atoms with E-state index in [0.29, 0.717) is 16.3 Å². The van der Waals surface area contributed by atoms with Crippen molar-refractivity contribution in [2.24, 2.45) is 0 Å². The minimum absolute atomic E-state index is 0.317. The lowest BCUT2D eigenvalue weighted by Crippen LogP contribution is -2.13. The Bertz CT molecular complexity index is 1210. The zero-order valence-electron chi connectivity index (χ0n) is 16.2. The molecule has 2 aromatic heterocycles. The number of aryl methyl sites for hydroxylation is 3.